The van der Waals surface area contributed by atoms with Gasteiger partial charge >= 0.3 is 11.9 Å². The lowest BCUT2D eigenvalue weighted by Crippen LogP contribution is -2.36. The topological polar surface area (TPSA) is 52.6 Å². The van der Waals surface area contributed by atoms with Crippen LogP contribution in [0.15, 0.2) is 0 Å². The molecule has 1 saturated heterocycles. The minimum absolute atomic E-state index is 0.107. The molecule has 0 aromatic heterocycles. The molecule has 0 N–H and O–H groups in total. The van der Waals surface area contributed by atoms with E-state index >= 15 is 0 Å². The summed E-state index contributed by atoms with van der Waals surface area (Å²) in [4.78, 5) is 21.0. The van der Waals surface area contributed by atoms with Crippen molar-refractivity contribution in [3.05, 3.63) is 0 Å². The highest BCUT2D eigenvalue weighted by Crippen LogP contribution is 2.06. The zero-order valence-electron chi connectivity index (χ0n) is 5.62. The van der Waals surface area contributed by atoms with Crippen LogP contribution in [0, 0.1) is 0 Å². The summed E-state index contributed by atoms with van der Waals surface area (Å²) in [7, 11) is 0. The second kappa shape index (κ2) is 2.79. The van der Waals surface area contributed by atoms with Gasteiger partial charge in [0, 0.05) is 0 Å². The van der Waals surface area contributed by atoms with E-state index in [0.717, 1.165) is 0 Å². The van der Waals surface area contributed by atoms with E-state index in [1.165, 1.54) is 0 Å². The van der Waals surface area contributed by atoms with Crippen molar-refractivity contribution in [1.29, 1.82) is 0 Å². The molecule has 1 unspecified atom stereocenters. The summed E-state index contributed by atoms with van der Waals surface area (Å²) in [6.07, 6.45) is 0.00394. The van der Waals surface area contributed by atoms with Crippen molar-refractivity contribution >= 4 is 11.9 Å². The number of carbonyl (C=O) groups excluding carboxylic acids is 2. The van der Waals surface area contributed by atoms with Gasteiger partial charge in [0.15, 0.2) is 6.10 Å². The van der Waals surface area contributed by atoms with Crippen molar-refractivity contribution in [3.8, 4) is 0 Å². The summed E-state index contributed by atoms with van der Waals surface area (Å²) < 4.78 is 9.11. The molecule has 0 aromatic rings. The monoisotopic (exact) mass is 144 g/mol. The van der Waals surface area contributed by atoms with Crippen molar-refractivity contribution < 1.29 is 19.1 Å². The highest BCUT2D eigenvalue weighted by atomic mass is 16.6. The molecule has 1 aliphatic rings. The van der Waals surface area contributed by atoms with Crippen molar-refractivity contribution in [3.63, 3.8) is 0 Å². The van der Waals surface area contributed by atoms with Crippen LogP contribution in [0.25, 0.3) is 0 Å². The molecule has 1 aliphatic heterocycles. The van der Waals surface area contributed by atoms with Gasteiger partial charge in [0.05, 0.1) is 0 Å². The molecule has 56 valence electrons. The van der Waals surface area contributed by atoms with Gasteiger partial charge in [-0.05, 0) is 6.42 Å². The second-order valence-corrected chi connectivity index (χ2v) is 2.00. The Bertz CT molecular complexity index is 163. The fraction of sp³-hybridized carbons (Fsp3) is 0.667. The number of rotatable bonds is 1. The third-order valence-electron chi connectivity index (χ3n) is 1.25. The molecule has 0 radical (unpaired) electrons. The first-order valence-corrected chi connectivity index (χ1v) is 3.10. The number of hydrogen-bond donors (Lipinski definition) is 0. The average Bonchev–Trinajstić information content (AvgIpc) is 1.88. The molecule has 0 bridgehead atoms. The summed E-state index contributed by atoms with van der Waals surface area (Å²) >= 11 is 0. The van der Waals surface area contributed by atoms with E-state index < -0.39 is 18.0 Å². The number of carbonyl (C=O) groups is 2. The van der Waals surface area contributed by atoms with Crippen LogP contribution in [0.2, 0.25) is 0 Å². The molecule has 1 fully saturated rings. The molecule has 1 atom stereocenters. The van der Waals surface area contributed by atoms with E-state index in [2.05, 4.69) is 4.74 Å². The molecule has 4 heteroatoms. The molecule has 0 spiro atoms. The average molecular weight is 144 g/mol. The van der Waals surface area contributed by atoms with Crippen molar-refractivity contribution in [2.24, 2.45) is 0 Å². The van der Waals surface area contributed by atoms with Gasteiger partial charge in [-0.1, -0.05) is 6.92 Å². The lowest BCUT2D eigenvalue weighted by Gasteiger charge is -2.17. The Balaban J connectivity index is 2.51. The molecule has 0 saturated carbocycles. The molecule has 0 aliphatic carbocycles. The summed E-state index contributed by atoms with van der Waals surface area (Å²) in [6, 6.07) is 0. The zero-order valence-corrected chi connectivity index (χ0v) is 5.62. The van der Waals surface area contributed by atoms with Crippen LogP contribution < -0.4 is 0 Å². The maximum Gasteiger partial charge on any atom is 0.342 e. The minimum atomic E-state index is -0.602. The van der Waals surface area contributed by atoms with Crippen LogP contribution in [-0.4, -0.2) is 24.6 Å². The third-order valence-corrected chi connectivity index (χ3v) is 1.25. The van der Waals surface area contributed by atoms with E-state index in [1.54, 1.807) is 6.92 Å². The fourth-order valence-electron chi connectivity index (χ4n) is 0.729. The lowest BCUT2D eigenvalue weighted by atomic mass is 10.3. The molecule has 4 nitrogen and oxygen atoms in total. The van der Waals surface area contributed by atoms with E-state index in [-0.39, 0.29) is 6.61 Å². The van der Waals surface area contributed by atoms with Crippen molar-refractivity contribution in [2.45, 2.75) is 19.4 Å². The Kier molecular flexibility index (Phi) is 2.01. The van der Waals surface area contributed by atoms with Gasteiger partial charge in [-0.25, -0.2) is 9.59 Å². The zero-order chi connectivity index (χ0) is 7.56. The highest BCUT2D eigenvalue weighted by Gasteiger charge is 2.27. The van der Waals surface area contributed by atoms with Crippen molar-refractivity contribution in [1.82, 2.24) is 0 Å². The summed E-state index contributed by atoms with van der Waals surface area (Å²) in [6.45, 7) is 1.69. The quantitative estimate of drug-likeness (QED) is 0.380. The molecule has 10 heavy (non-hydrogen) atoms. The maximum atomic E-state index is 10.7. The van der Waals surface area contributed by atoms with E-state index in [4.69, 9.17) is 4.74 Å². The Morgan fingerprint density at radius 2 is 2.30 bits per heavy atom. The molecule has 0 aromatic carbocycles. The predicted molar refractivity (Wildman–Crippen MR) is 31.1 cm³/mol. The molecule has 1 rings (SSSR count). The third kappa shape index (κ3) is 1.33. The first-order valence-electron chi connectivity index (χ1n) is 3.10. The highest BCUT2D eigenvalue weighted by molar-refractivity contribution is 5.90. The molecular formula is C6H8O4. The number of cyclic esters (lactones) is 2. The minimum Gasteiger partial charge on any atom is -0.389 e. The van der Waals surface area contributed by atoms with Crippen LogP contribution in [0.5, 0.6) is 0 Å². The Hall–Kier alpha value is -0.900. The van der Waals surface area contributed by atoms with Crippen LogP contribution in [0.3, 0.4) is 0 Å². The standard InChI is InChI=1S/C6H8O4/c1-2-4-6(8)10-5(7)3-9-4/h4H,2-3H2,1H3. The SMILES string of the molecule is CCC1OCC(=O)OC1=O. The Morgan fingerprint density at radius 3 is 2.80 bits per heavy atom. The van der Waals surface area contributed by atoms with Gasteiger partial charge in [-0.3, -0.25) is 0 Å². The number of hydrogen-bond acceptors (Lipinski definition) is 4. The first kappa shape index (κ1) is 7.21. The predicted octanol–water partition coefficient (Wildman–Crippen LogP) is -0.135. The normalized spacial score (nSPS) is 26.3. The maximum absolute atomic E-state index is 10.7. The Morgan fingerprint density at radius 1 is 1.60 bits per heavy atom. The smallest absolute Gasteiger partial charge is 0.342 e. The van der Waals surface area contributed by atoms with Crippen LogP contribution in [0.4, 0.5) is 0 Å². The largest absolute Gasteiger partial charge is 0.389 e. The lowest BCUT2D eigenvalue weighted by molar-refractivity contribution is -0.183. The van der Waals surface area contributed by atoms with Crippen LogP contribution >= 0.6 is 0 Å². The molecule has 1 heterocycles. The summed E-state index contributed by atoms with van der Waals surface area (Å²) in [5, 5.41) is 0. The van der Waals surface area contributed by atoms with Crippen LogP contribution in [0.1, 0.15) is 13.3 Å². The van der Waals surface area contributed by atoms with E-state index in [1.807, 2.05) is 0 Å². The summed E-state index contributed by atoms with van der Waals surface area (Å²) in [5.41, 5.74) is 0. The van der Waals surface area contributed by atoms with Gasteiger partial charge in [-0.15, -0.1) is 0 Å². The van der Waals surface area contributed by atoms with E-state index in [9.17, 15) is 9.59 Å². The Labute approximate surface area is 58.1 Å². The molecular weight excluding hydrogens is 136 g/mol. The van der Waals surface area contributed by atoms with Crippen molar-refractivity contribution in [2.75, 3.05) is 6.61 Å². The van der Waals surface area contributed by atoms with Gasteiger partial charge in [0.1, 0.15) is 6.61 Å². The fourth-order valence-corrected chi connectivity index (χ4v) is 0.729. The number of ether oxygens (including phenoxy) is 2. The first-order chi connectivity index (χ1) is 4.74. The van der Waals surface area contributed by atoms with Gasteiger partial charge in [-0.2, -0.15) is 0 Å². The second-order valence-electron chi connectivity index (χ2n) is 2.00. The van der Waals surface area contributed by atoms with Crippen LogP contribution in [-0.2, 0) is 19.1 Å². The molecule has 0 amide bonds. The van der Waals surface area contributed by atoms with Gasteiger partial charge in [0.25, 0.3) is 0 Å². The number of esters is 2. The summed E-state index contributed by atoms with van der Waals surface area (Å²) in [5.74, 6) is -1.17. The van der Waals surface area contributed by atoms with Gasteiger partial charge in [0.2, 0.25) is 0 Å². The van der Waals surface area contributed by atoms with E-state index in [0.29, 0.717) is 6.42 Å². The van der Waals surface area contributed by atoms with Gasteiger partial charge < -0.3 is 9.47 Å².